The lowest BCUT2D eigenvalue weighted by Crippen LogP contribution is -2.36. The van der Waals surface area contributed by atoms with Gasteiger partial charge in [0.25, 0.3) is 5.56 Å². The maximum absolute atomic E-state index is 13.2. The first-order valence-electron chi connectivity index (χ1n) is 12.1. The molecule has 1 fully saturated rings. The van der Waals surface area contributed by atoms with Crippen LogP contribution in [-0.4, -0.2) is 26.1 Å². The molecule has 0 spiro atoms. The molecule has 0 bridgehead atoms. The van der Waals surface area contributed by atoms with Crippen molar-refractivity contribution >= 4 is 27.7 Å². The molecule has 168 valence electrons. The molecule has 3 heterocycles. The van der Waals surface area contributed by atoms with Gasteiger partial charge in [0, 0.05) is 36.5 Å². The van der Waals surface area contributed by atoms with Gasteiger partial charge in [-0.2, -0.15) is 0 Å². The van der Waals surface area contributed by atoms with E-state index in [0.717, 1.165) is 30.5 Å². The number of para-hydroxylation sites is 2. The van der Waals surface area contributed by atoms with Gasteiger partial charge in [0.05, 0.1) is 16.6 Å². The monoisotopic (exact) mass is 440 g/mol. The fourth-order valence-electron chi connectivity index (χ4n) is 5.66. The summed E-state index contributed by atoms with van der Waals surface area (Å²) >= 11 is 0. The van der Waals surface area contributed by atoms with Gasteiger partial charge in [-0.1, -0.05) is 49.6 Å². The van der Waals surface area contributed by atoms with Gasteiger partial charge in [-0.15, -0.1) is 0 Å². The van der Waals surface area contributed by atoms with E-state index in [0.29, 0.717) is 42.3 Å². The van der Waals surface area contributed by atoms with Crippen LogP contribution in [-0.2, 0) is 24.3 Å². The van der Waals surface area contributed by atoms with Gasteiger partial charge in [-0.25, -0.2) is 4.98 Å². The molecule has 1 N–H and O–H groups in total. The summed E-state index contributed by atoms with van der Waals surface area (Å²) in [6.45, 7) is 1.19. The molecule has 0 saturated heterocycles. The summed E-state index contributed by atoms with van der Waals surface area (Å²) in [7, 11) is 0. The number of rotatable bonds is 4. The van der Waals surface area contributed by atoms with Crippen LogP contribution < -0.4 is 10.9 Å². The summed E-state index contributed by atoms with van der Waals surface area (Å²) in [5.74, 6) is 0.817. The standard InChI is InChI=1S/C27H28N4O2/c32-24(28-18-8-2-1-3-9-18)15-17-30-23-13-7-5-10-19(23)20-14-16-31-26(25(20)30)29-22-12-6-4-11-21(22)27(31)33/h4-7,10-13,18H,1-3,8-9,14-17H2,(H,28,32). The molecule has 2 aromatic carbocycles. The molecule has 6 rings (SSSR count). The minimum absolute atomic E-state index is 0.00750. The highest BCUT2D eigenvalue weighted by molar-refractivity contribution is 5.92. The van der Waals surface area contributed by atoms with Crippen LogP contribution in [0.25, 0.3) is 33.3 Å². The molecular formula is C27H28N4O2. The summed E-state index contributed by atoms with van der Waals surface area (Å²) in [6, 6.07) is 16.2. The van der Waals surface area contributed by atoms with E-state index in [1.165, 1.54) is 30.2 Å². The fraction of sp³-hybridized carbons (Fsp3) is 0.370. The Hall–Kier alpha value is -3.41. The van der Waals surface area contributed by atoms with Crippen LogP contribution in [0.1, 0.15) is 44.1 Å². The van der Waals surface area contributed by atoms with Gasteiger partial charge < -0.3 is 9.88 Å². The molecular weight excluding hydrogens is 412 g/mol. The highest BCUT2D eigenvalue weighted by atomic mass is 16.1. The Morgan fingerprint density at radius 1 is 1.00 bits per heavy atom. The van der Waals surface area contributed by atoms with Gasteiger partial charge in [-0.3, -0.25) is 14.2 Å². The van der Waals surface area contributed by atoms with Gasteiger partial charge in [0.1, 0.15) is 0 Å². The van der Waals surface area contributed by atoms with E-state index in [9.17, 15) is 9.59 Å². The first kappa shape index (κ1) is 20.2. The van der Waals surface area contributed by atoms with E-state index in [1.54, 1.807) is 0 Å². The van der Waals surface area contributed by atoms with Gasteiger partial charge in [-0.05, 0) is 43.0 Å². The second kappa shape index (κ2) is 8.18. The maximum Gasteiger partial charge on any atom is 0.261 e. The molecule has 6 nitrogen and oxygen atoms in total. The van der Waals surface area contributed by atoms with Crippen LogP contribution in [0.4, 0.5) is 0 Å². The second-order valence-corrected chi connectivity index (χ2v) is 9.31. The molecule has 0 radical (unpaired) electrons. The normalized spacial score (nSPS) is 16.0. The highest BCUT2D eigenvalue weighted by Gasteiger charge is 2.27. The Bertz CT molecular complexity index is 1430. The number of amides is 1. The molecule has 2 aromatic heterocycles. The molecule has 0 unspecified atom stereocenters. The molecule has 0 atom stereocenters. The molecule has 6 heteroatoms. The zero-order valence-corrected chi connectivity index (χ0v) is 18.7. The van der Waals surface area contributed by atoms with Crippen molar-refractivity contribution in [3.63, 3.8) is 0 Å². The van der Waals surface area contributed by atoms with Crippen LogP contribution in [0.3, 0.4) is 0 Å². The first-order valence-corrected chi connectivity index (χ1v) is 12.1. The van der Waals surface area contributed by atoms with Gasteiger partial charge in [0.2, 0.25) is 5.91 Å². The third-order valence-corrected chi connectivity index (χ3v) is 7.27. The van der Waals surface area contributed by atoms with Crippen molar-refractivity contribution in [1.82, 2.24) is 19.4 Å². The third kappa shape index (κ3) is 3.45. The minimum atomic E-state index is 0.00750. The number of hydrogen-bond donors (Lipinski definition) is 1. The highest BCUT2D eigenvalue weighted by Crippen LogP contribution is 2.36. The smallest absolute Gasteiger partial charge is 0.261 e. The predicted octanol–water partition coefficient (Wildman–Crippen LogP) is 4.41. The Labute approximate surface area is 192 Å². The largest absolute Gasteiger partial charge is 0.353 e. The number of carbonyl (C=O) groups excluding carboxylic acids is 1. The number of fused-ring (bicyclic) bond motifs is 6. The van der Waals surface area contributed by atoms with E-state index in [1.807, 2.05) is 34.9 Å². The topological polar surface area (TPSA) is 68.9 Å². The van der Waals surface area contributed by atoms with Crippen LogP contribution in [0.15, 0.2) is 53.3 Å². The molecule has 2 aliphatic rings. The lowest BCUT2D eigenvalue weighted by Gasteiger charge is -2.23. The van der Waals surface area contributed by atoms with Crippen molar-refractivity contribution in [1.29, 1.82) is 0 Å². The van der Waals surface area contributed by atoms with Crippen molar-refractivity contribution in [2.24, 2.45) is 0 Å². The van der Waals surface area contributed by atoms with Crippen LogP contribution in [0, 0.1) is 0 Å². The average molecular weight is 441 g/mol. The zero-order valence-electron chi connectivity index (χ0n) is 18.7. The number of aryl methyl sites for hydroxylation is 2. The summed E-state index contributed by atoms with van der Waals surface area (Å²) in [4.78, 5) is 31.0. The average Bonchev–Trinajstić information content (AvgIpc) is 3.18. The van der Waals surface area contributed by atoms with E-state index in [4.69, 9.17) is 4.98 Å². The number of nitrogens with one attached hydrogen (secondary N) is 1. The quantitative estimate of drug-likeness (QED) is 0.511. The summed E-state index contributed by atoms with van der Waals surface area (Å²) in [6.07, 6.45) is 7.04. The number of carbonyl (C=O) groups is 1. The molecule has 1 saturated carbocycles. The van der Waals surface area contributed by atoms with E-state index in [2.05, 4.69) is 28.1 Å². The van der Waals surface area contributed by atoms with E-state index in [-0.39, 0.29) is 11.5 Å². The van der Waals surface area contributed by atoms with Crippen molar-refractivity contribution in [2.75, 3.05) is 0 Å². The predicted molar refractivity (Wildman–Crippen MR) is 130 cm³/mol. The Morgan fingerprint density at radius 2 is 1.76 bits per heavy atom. The third-order valence-electron chi connectivity index (χ3n) is 7.27. The zero-order chi connectivity index (χ0) is 22.4. The van der Waals surface area contributed by atoms with Crippen LogP contribution in [0.5, 0.6) is 0 Å². The SMILES string of the molecule is O=C(CCn1c2c(c3ccccc31)CCn1c-2nc2ccccc2c1=O)NC1CCCCC1. The van der Waals surface area contributed by atoms with Crippen molar-refractivity contribution in [3.8, 4) is 11.5 Å². The van der Waals surface area contributed by atoms with Gasteiger partial charge >= 0.3 is 0 Å². The number of nitrogens with zero attached hydrogens (tertiary/aromatic N) is 3. The summed E-state index contributed by atoms with van der Waals surface area (Å²) in [5.41, 5.74) is 4.03. The summed E-state index contributed by atoms with van der Waals surface area (Å²) < 4.78 is 4.01. The second-order valence-electron chi connectivity index (χ2n) is 9.31. The molecule has 1 aliphatic heterocycles. The van der Waals surface area contributed by atoms with E-state index >= 15 is 0 Å². The molecule has 4 aromatic rings. The lowest BCUT2D eigenvalue weighted by molar-refractivity contribution is -0.122. The summed E-state index contributed by atoms with van der Waals surface area (Å²) in [5, 5.41) is 5.08. The Kier molecular flexibility index (Phi) is 5.01. The maximum atomic E-state index is 13.2. The number of benzene rings is 2. The fourth-order valence-corrected chi connectivity index (χ4v) is 5.66. The number of aromatic nitrogens is 3. The van der Waals surface area contributed by atoms with Crippen molar-refractivity contribution in [2.45, 2.75) is 64.1 Å². The van der Waals surface area contributed by atoms with Crippen LogP contribution in [0.2, 0.25) is 0 Å². The lowest BCUT2D eigenvalue weighted by atomic mass is 9.95. The van der Waals surface area contributed by atoms with Crippen molar-refractivity contribution in [3.05, 3.63) is 64.4 Å². The first-order chi connectivity index (χ1) is 16.2. The molecule has 33 heavy (non-hydrogen) atoms. The van der Waals surface area contributed by atoms with Crippen molar-refractivity contribution < 1.29 is 4.79 Å². The number of hydrogen-bond acceptors (Lipinski definition) is 3. The van der Waals surface area contributed by atoms with E-state index < -0.39 is 0 Å². The Morgan fingerprint density at radius 3 is 2.61 bits per heavy atom. The minimum Gasteiger partial charge on any atom is -0.353 e. The van der Waals surface area contributed by atoms with Crippen LogP contribution >= 0.6 is 0 Å². The Balaban J connectivity index is 1.42. The van der Waals surface area contributed by atoms with Gasteiger partial charge in [0.15, 0.2) is 5.82 Å². The molecule has 1 amide bonds. The molecule has 1 aliphatic carbocycles.